The van der Waals surface area contributed by atoms with Gasteiger partial charge in [-0.25, -0.2) is 0 Å². The van der Waals surface area contributed by atoms with Crippen molar-refractivity contribution in [1.29, 1.82) is 0 Å². The molecule has 1 unspecified atom stereocenters. The SMILES string of the molecule is COCC(C)C1(CN)CCC1. The van der Waals surface area contributed by atoms with Crippen molar-refractivity contribution in [1.82, 2.24) is 0 Å². The van der Waals surface area contributed by atoms with E-state index in [1.807, 2.05) is 0 Å². The third kappa shape index (κ3) is 1.57. The molecule has 1 saturated carbocycles. The fourth-order valence-corrected chi connectivity index (χ4v) is 1.96. The van der Waals surface area contributed by atoms with Gasteiger partial charge in [-0.3, -0.25) is 0 Å². The first-order valence-corrected chi connectivity index (χ1v) is 4.44. The molecule has 0 aromatic heterocycles. The molecule has 0 amide bonds. The summed E-state index contributed by atoms with van der Waals surface area (Å²) in [6, 6.07) is 0. The van der Waals surface area contributed by atoms with Gasteiger partial charge in [0.25, 0.3) is 0 Å². The molecule has 0 radical (unpaired) electrons. The van der Waals surface area contributed by atoms with E-state index >= 15 is 0 Å². The predicted molar refractivity (Wildman–Crippen MR) is 46.4 cm³/mol. The van der Waals surface area contributed by atoms with Crippen molar-refractivity contribution in [3.63, 3.8) is 0 Å². The molecule has 2 heteroatoms. The first-order valence-electron chi connectivity index (χ1n) is 4.44. The number of hydrogen-bond donors (Lipinski definition) is 1. The second-order valence-electron chi connectivity index (χ2n) is 3.78. The summed E-state index contributed by atoms with van der Waals surface area (Å²) >= 11 is 0. The molecule has 1 aliphatic carbocycles. The zero-order valence-corrected chi connectivity index (χ0v) is 7.60. The van der Waals surface area contributed by atoms with Crippen molar-refractivity contribution in [2.24, 2.45) is 17.1 Å². The van der Waals surface area contributed by atoms with Crippen molar-refractivity contribution in [3.8, 4) is 0 Å². The van der Waals surface area contributed by atoms with E-state index in [-0.39, 0.29) is 0 Å². The summed E-state index contributed by atoms with van der Waals surface area (Å²) in [6.07, 6.45) is 3.95. The van der Waals surface area contributed by atoms with Gasteiger partial charge in [0.1, 0.15) is 0 Å². The summed E-state index contributed by atoms with van der Waals surface area (Å²) < 4.78 is 5.13. The van der Waals surface area contributed by atoms with Gasteiger partial charge in [-0.2, -0.15) is 0 Å². The monoisotopic (exact) mass is 157 g/mol. The zero-order valence-electron chi connectivity index (χ0n) is 7.60. The van der Waals surface area contributed by atoms with Crippen LogP contribution in [0.2, 0.25) is 0 Å². The average molecular weight is 157 g/mol. The van der Waals surface area contributed by atoms with Gasteiger partial charge in [0.2, 0.25) is 0 Å². The van der Waals surface area contributed by atoms with Gasteiger partial charge in [0, 0.05) is 13.7 Å². The topological polar surface area (TPSA) is 35.2 Å². The Labute approximate surface area is 69.1 Å². The van der Waals surface area contributed by atoms with E-state index in [9.17, 15) is 0 Å². The summed E-state index contributed by atoms with van der Waals surface area (Å²) in [4.78, 5) is 0. The summed E-state index contributed by atoms with van der Waals surface area (Å²) in [5, 5.41) is 0. The van der Waals surface area contributed by atoms with Crippen molar-refractivity contribution < 1.29 is 4.74 Å². The Morgan fingerprint density at radius 1 is 1.55 bits per heavy atom. The summed E-state index contributed by atoms with van der Waals surface area (Å²) in [7, 11) is 1.76. The minimum atomic E-state index is 0.427. The quantitative estimate of drug-likeness (QED) is 0.669. The third-order valence-corrected chi connectivity index (χ3v) is 3.22. The van der Waals surface area contributed by atoms with Gasteiger partial charge < -0.3 is 10.5 Å². The van der Waals surface area contributed by atoms with Crippen LogP contribution in [0.15, 0.2) is 0 Å². The van der Waals surface area contributed by atoms with Crippen LogP contribution in [0.3, 0.4) is 0 Å². The molecule has 0 heterocycles. The maximum atomic E-state index is 5.74. The molecule has 0 saturated heterocycles. The van der Waals surface area contributed by atoms with Crippen LogP contribution >= 0.6 is 0 Å². The Morgan fingerprint density at radius 3 is 2.45 bits per heavy atom. The highest BCUT2D eigenvalue weighted by Gasteiger charge is 2.40. The van der Waals surface area contributed by atoms with Crippen LogP contribution in [0.5, 0.6) is 0 Å². The highest BCUT2D eigenvalue weighted by atomic mass is 16.5. The van der Waals surface area contributed by atoms with E-state index in [4.69, 9.17) is 10.5 Å². The van der Waals surface area contributed by atoms with Gasteiger partial charge in [0.15, 0.2) is 0 Å². The first kappa shape index (κ1) is 9.01. The Balaban J connectivity index is 2.40. The predicted octanol–water partition coefficient (Wildman–Crippen LogP) is 1.40. The van der Waals surface area contributed by atoms with Gasteiger partial charge in [-0.15, -0.1) is 0 Å². The van der Waals surface area contributed by atoms with Crippen LogP contribution in [0.4, 0.5) is 0 Å². The number of hydrogen-bond acceptors (Lipinski definition) is 2. The summed E-state index contributed by atoms with van der Waals surface area (Å²) in [6.45, 7) is 3.93. The van der Waals surface area contributed by atoms with Gasteiger partial charge in [-0.05, 0) is 30.7 Å². The molecular weight excluding hydrogens is 138 g/mol. The van der Waals surface area contributed by atoms with Crippen LogP contribution in [-0.2, 0) is 4.74 Å². The Kier molecular flexibility index (Phi) is 2.90. The van der Waals surface area contributed by atoms with E-state index in [1.165, 1.54) is 19.3 Å². The number of methoxy groups -OCH3 is 1. The van der Waals surface area contributed by atoms with Gasteiger partial charge >= 0.3 is 0 Å². The minimum Gasteiger partial charge on any atom is -0.384 e. The van der Waals surface area contributed by atoms with Crippen molar-refractivity contribution in [2.45, 2.75) is 26.2 Å². The Morgan fingerprint density at radius 2 is 2.18 bits per heavy atom. The van der Waals surface area contributed by atoms with E-state index in [2.05, 4.69) is 6.92 Å². The molecule has 1 rings (SSSR count). The highest BCUT2D eigenvalue weighted by Crippen LogP contribution is 2.46. The van der Waals surface area contributed by atoms with Crippen molar-refractivity contribution in [2.75, 3.05) is 20.3 Å². The molecular formula is C9H19NO. The van der Waals surface area contributed by atoms with E-state index in [0.717, 1.165) is 13.2 Å². The van der Waals surface area contributed by atoms with Crippen LogP contribution < -0.4 is 5.73 Å². The maximum Gasteiger partial charge on any atom is 0.0493 e. The molecule has 0 aromatic carbocycles. The molecule has 2 N–H and O–H groups in total. The molecule has 2 nitrogen and oxygen atoms in total. The van der Waals surface area contributed by atoms with E-state index in [1.54, 1.807) is 7.11 Å². The van der Waals surface area contributed by atoms with Crippen LogP contribution in [0.25, 0.3) is 0 Å². The molecule has 0 bridgehead atoms. The third-order valence-electron chi connectivity index (χ3n) is 3.22. The minimum absolute atomic E-state index is 0.427. The lowest BCUT2D eigenvalue weighted by Crippen LogP contribution is -2.44. The first-order chi connectivity index (χ1) is 5.25. The van der Waals surface area contributed by atoms with Crippen molar-refractivity contribution >= 4 is 0 Å². The lowest BCUT2D eigenvalue weighted by atomic mass is 9.62. The lowest BCUT2D eigenvalue weighted by molar-refractivity contribution is 0.0161. The number of rotatable bonds is 4. The van der Waals surface area contributed by atoms with Gasteiger partial charge in [-0.1, -0.05) is 13.3 Å². The highest BCUT2D eigenvalue weighted by molar-refractivity contribution is 4.92. The standard InChI is InChI=1S/C9H19NO/c1-8(6-11-2)9(7-10)4-3-5-9/h8H,3-7,10H2,1-2H3. The fourth-order valence-electron chi connectivity index (χ4n) is 1.96. The second kappa shape index (κ2) is 3.55. The Bertz CT molecular complexity index is 115. The fraction of sp³-hybridized carbons (Fsp3) is 1.00. The summed E-state index contributed by atoms with van der Waals surface area (Å²) in [5.74, 6) is 0.631. The molecule has 0 aromatic rings. The molecule has 66 valence electrons. The number of ether oxygens (including phenoxy) is 1. The molecule has 1 atom stereocenters. The smallest absolute Gasteiger partial charge is 0.0493 e. The summed E-state index contributed by atoms with van der Waals surface area (Å²) in [5.41, 5.74) is 6.17. The maximum absolute atomic E-state index is 5.74. The molecule has 0 spiro atoms. The van der Waals surface area contributed by atoms with Crippen LogP contribution in [-0.4, -0.2) is 20.3 Å². The van der Waals surface area contributed by atoms with Crippen LogP contribution in [0.1, 0.15) is 26.2 Å². The normalized spacial score (nSPS) is 24.3. The van der Waals surface area contributed by atoms with E-state index in [0.29, 0.717) is 11.3 Å². The van der Waals surface area contributed by atoms with Crippen LogP contribution in [0, 0.1) is 11.3 Å². The largest absolute Gasteiger partial charge is 0.384 e. The Hall–Kier alpha value is -0.0800. The zero-order chi connectivity index (χ0) is 8.32. The molecule has 1 aliphatic rings. The molecule has 0 aliphatic heterocycles. The second-order valence-corrected chi connectivity index (χ2v) is 3.78. The lowest BCUT2D eigenvalue weighted by Gasteiger charge is -2.45. The average Bonchev–Trinajstić information content (AvgIpc) is 1.87. The van der Waals surface area contributed by atoms with Crippen molar-refractivity contribution in [3.05, 3.63) is 0 Å². The van der Waals surface area contributed by atoms with E-state index < -0.39 is 0 Å². The molecule has 1 fully saturated rings. The number of nitrogens with two attached hydrogens (primary N) is 1. The molecule has 11 heavy (non-hydrogen) atoms. The van der Waals surface area contributed by atoms with Gasteiger partial charge in [0.05, 0.1) is 0 Å².